The van der Waals surface area contributed by atoms with Crippen LogP contribution in [0.3, 0.4) is 0 Å². The van der Waals surface area contributed by atoms with Crippen molar-refractivity contribution >= 4 is 40.3 Å². The Morgan fingerprint density at radius 1 is 0.885 bits per heavy atom. The van der Waals surface area contributed by atoms with Crippen molar-refractivity contribution < 1.29 is 39.2 Å². The van der Waals surface area contributed by atoms with Gasteiger partial charge in [-0.2, -0.15) is 0 Å². The number of carboxylic acids is 3. The molecule has 0 aliphatic carbocycles. The lowest BCUT2D eigenvalue weighted by Gasteiger charge is -2.13. The van der Waals surface area contributed by atoms with E-state index in [9.17, 15) is 34.5 Å². The summed E-state index contributed by atoms with van der Waals surface area (Å²) in [5, 5.41) is 28.7. The zero-order valence-corrected chi connectivity index (χ0v) is 13.2. The van der Waals surface area contributed by atoms with Crippen molar-refractivity contribution in [2.75, 3.05) is 7.11 Å². The molecule has 132 valence electrons. The second-order valence-electron chi connectivity index (χ2n) is 5.31. The Morgan fingerprint density at radius 2 is 1.50 bits per heavy atom. The average molecular weight is 357 g/mol. The summed E-state index contributed by atoms with van der Waals surface area (Å²) in [6.45, 7) is 0. The zero-order chi connectivity index (χ0) is 19.2. The molecule has 2 heterocycles. The van der Waals surface area contributed by atoms with Crippen LogP contribution < -0.4 is 0 Å². The van der Waals surface area contributed by atoms with Crippen LogP contribution in [0.25, 0.3) is 16.4 Å². The number of carbonyl (C=O) groups is 4. The normalized spacial score (nSPS) is 10.8. The number of pyridine rings is 1. The second kappa shape index (κ2) is 5.88. The van der Waals surface area contributed by atoms with Crippen LogP contribution >= 0.6 is 0 Å². The molecule has 0 aliphatic rings. The predicted octanol–water partition coefficient (Wildman–Crippen LogP) is 1.97. The first-order valence-corrected chi connectivity index (χ1v) is 7.17. The molecule has 2 aromatic heterocycles. The van der Waals surface area contributed by atoms with E-state index in [2.05, 4.69) is 4.74 Å². The Labute approximate surface area is 144 Å². The van der Waals surface area contributed by atoms with Crippen molar-refractivity contribution in [2.45, 2.75) is 0 Å². The highest BCUT2D eigenvalue weighted by atomic mass is 16.5. The second-order valence-corrected chi connectivity index (χ2v) is 5.31. The molecular weight excluding hydrogens is 346 g/mol. The van der Waals surface area contributed by atoms with Gasteiger partial charge >= 0.3 is 23.9 Å². The van der Waals surface area contributed by atoms with Gasteiger partial charge in [-0.25, -0.2) is 19.2 Å². The number of benzene rings is 1. The topological polar surface area (TPSA) is 143 Å². The first-order chi connectivity index (χ1) is 12.3. The van der Waals surface area contributed by atoms with Gasteiger partial charge in [0, 0.05) is 11.6 Å². The number of carboxylic acid groups (broad SMARTS) is 3. The van der Waals surface area contributed by atoms with Gasteiger partial charge in [0.05, 0.1) is 34.8 Å². The number of rotatable bonds is 4. The maximum absolute atomic E-state index is 12.3. The Bertz CT molecular complexity index is 1120. The van der Waals surface area contributed by atoms with Gasteiger partial charge in [0.1, 0.15) is 5.56 Å². The summed E-state index contributed by atoms with van der Waals surface area (Å²) < 4.78 is 5.81. The van der Waals surface area contributed by atoms with Gasteiger partial charge in [0.15, 0.2) is 0 Å². The standard InChI is InChI=1S/C17H11NO8/c1-26-17(25)10-7-4-2-3-5-9(7)18-6-8(14(19)20)11(15(21)22)13(18)12(10)16(23)24/h2-6H,1H3,(H,19,20)(H,21,22)(H,23,24). The van der Waals surface area contributed by atoms with Crippen molar-refractivity contribution in [3.05, 3.63) is 52.7 Å². The molecule has 3 aromatic rings. The molecule has 9 nitrogen and oxygen atoms in total. The molecule has 0 spiro atoms. The lowest BCUT2D eigenvalue weighted by atomic mass is 9.99. The van der Waals surface area contributed by atoms with E-state index in [1.807, 2.05) is 0 Å². The quantitative estimate of drug-likeness (QED) is 0.602. The predicted molar refractivity (Wildman–Crippen MR) is 87.1 cm³/mol. The summed E-state index contributed by atoms with van der Waals surface area (Å²) in [5.74, 6) is -5.72. The van der Waals surface area contributed by atoms with Gasteiger partial charge in [-0.1, -0.05) is 18.2 Å². The van der Waals surface area contributed by atoms with Gasteiger partial charge in [0.2, 0.25) is 0 Å². The number of methoxy groups -OCH3 is 1. The third kappa shape index (κ3) is 2.25. The number of carbonyl (C=O) groups excluding carboxylic acids is 1. The van der Waals surface area contributed by atoms with Crippen molar-refractivity contribution in [3.63, 3.8) is 0 Å². The van der Waals surface area contributed by atoms with Crippen LogP contribution in [-0.2, 0) is 4.74 Å². The zero-order valence-electron chi connectivity index (χ0n) is 13.2. The Morgan fingerprint density at radius 3 is 2.04 bits per heavy atom. The van der Waals surface area contributed by atoms with Crippen LogP contribution in [0.5, 0.6) is 0 Å². The van der Waals surface area contributed by atoms with Crippen molar-refractivity contribution in [1.29, 1.82) is 0 Å². The highest BCUT2D eigenvalue weighted by Gasteiger charge is 2.32. The molecule has 3 rings (SSSR count). The number of aromatic carboxylic acids is 3. The molecule has 26 heavy (non-hydrogen) atoms. The fourth-order valence-corrected chi connectivity index (χ4v) is 2.99. The highest BCUT2D eigenvalue weighted by molar-refractivity contribution is 6.20. The summed E-state index contributed by atoms with van der Waals surface area (Å²) >= 11 is 0. The van der Waals surface area contributed by atoms with E-state index in [0.29, 0.717) is 0 Å². The molecule has 1 aromatic carbocycles. The number of esters is 1. The molecule has 0 atom stereocenters. The fraction of sp³-hybridized carbons (Fsp3) is 0.0588. The molecule has 0 aliphatic heterocycles. The van der Waals surface area contributed by atoms with E-state index in [1.165, 1.54) is 12.1 Å². The number of ether oxygens (including phenoxy) is 1. The molecule has 0 unspecified atom stereocenters. The van der Waals surface area contributed by atoms with E-state index >= 15 is 0 Å². The van der Waals surface area contributed by atoms with E-state index in [4.69, 9.17) is 0 Å². The molecule has 0 saturated heterocycles. The third-order valence-corrected chi connectivity index (χ3v) is 3.97. The van der Waals surface area contributed by atoms with Crippen LogP contribution in [0.15, 0.2) is 30.5 Å². The van der Waals surface area contributed by atoms with Crippen molar-refractivity contribution in [2.24, 2.45) is 0 Å². The van der Waals surface area contributed by atoms with Crippen LogP contribution in [0.1, 0.15) is 41.4 Å². The van der Waals surface area contributed by atoms with Crippen molar-refractivity contribution in [3.8, 4) is 0 Å². The van der Waals surface area contributed by atoms with Crippen LogP contribution in [-0.4, -0.2) is 50.7 Å². The summed E-state index contributed by atoms with van der Waals surface area (Å²) in [7, 11) is 1.06. The smallest absolute Gasteiger partial charge is 0.339 e. The number of hydrogen-bond acceptors (Lipinski definition) is 5. The lowest BCUT2D eigenvalue weighted by molar-refractivity contribution is 0.0584. The van der Waals surface area contributed by atoms with Gasteiger partial charge in [-0.05, 0) is 6.07 Å². The van der Waals surface area contributed by atoms with Gasteiger partial charge in [-0.15, -0.1) is 0 Å². The highest BCUT2D eigenvalue weighted by Crippen LogP contribution is 2.32. The minimum Gasteiger partial charge on any atom is -0.478 e. The Hall–Kier alpha value is -3.88. The number of hydrogen-bond donors (Lipinski definition) is 3. The maximum Gasteiger partial charge on any atom is 0.339 e. The minimum atomic E-state index is -1.63. The first kappa shape index (κ1) is 17.0. The SMILES string of the molecule is COC(=O)c1c(C(=O)O)c2c(C(=O)O)c(C(=O)O)cn2c2ccccc12. The van der Waals surface area contributed by atoms with Crippen LogP contribution in [0.4, 0.5) is 0 Å². The molecule has 0 saturated carbocycles. The average Bonchev–Trinajstić information content (AvgIpc) is 3.00. The summed E-state index contributed by atoms with van der Waals surface area (Å²) in [5.41, 5.74) is -2.43. The lowest BCUT2D eigenvalue weighted by Crippen LogP contribution is -2.15. The molecule has 0 amide bonds. The number of fused-ring (bicyclic) bond motifs is 3. The Balaban J connectivity index is 2.74. The van der Waals surface area contributed by atoms with Crippen molar-refractivity contribution in [1.82, 2.24) is 4.40 Å². The Kier molecular flexibility index (Phi) is 3.84. The first-order valence-electron chi connectivity index (χ1n) is 7.17. The summed E-state index contributed by atoms with van der Waals surface area (Å²) in [4.78, 5) is 47.3. The minimum absolute atomic E-state index is 0.188. The van der Waals surface area contributed by atoms with E-state index in [1.54, 1.807) is 12.1 Å². The molecular formula is C17H11NO8. The molecule has 3 N–H and O–H groups in total. The summed E-state index contributed by atoms with van der Waals surface area (Å²) in [6, 6.07) is 6.13. The molecule has 0 bridgehead atoms. The van der Waals surface area contributed by atoms with E-state index in [-0.39, 0.29) is 16.5 Å². The molecule has 0 radical (unpaired) electrons. The fourth-order valence-electron chi connectivity index (χ4n) is 2.99. The number of aromatic nitrogens is 1. The van der Waals surface area contributed by atoms with E-state index < -0.39 is 46.1 Å². The maximum atomic E-state index is 12.3. The third-order valence-electron chi connectivity index (χ3n) is 3.97. The summed E-state index contributed by atoms with van der Waals surface area (Å²) in [6.07, 6.45) is 1.02. The van der Waals surface area contributed by atoms with Crippen LogP contribution in [0, 0.1) is 0 Å². The van der Waals surface area contributed by atoms with Crippen LogP contribution in [0.2, 0.25) is 0 Å². The number of nitrogens with zero attached hydrogens (tertiary/aromatic N) is 1. The molecule has 9 heteroatoms. The van der Waals surface area contributed by atoms with Gasteiger partial charge < -0.3 is 24.5 Å². The largest absolute Gasteiger partial charge is 0.478 e. The monoisotopic (exact) mass is 357 g/mol. The van der Waals surface area contributed by atoms with Gasteiger partial charge in [0.25, 0.3) is 0 Å². The number of para-hydroxylation sites is 1. The molecule has 0 fully saturated rings. The van der Waals surface area contributed by atoms with Gasteiger partial charge in [-0.3, -0.25) is 0 Å². The van der Waals surface area contributed by atoms with E-state index in [0.717, 1.165) is 17.7 Å².